The molecule has 2 aromatic rings. The summed E-state index contributed by atoms with van der Waals surface area (Å²) in [6.07, 6.45) is 0.704. The molecule has 10 heteroatoms. The van der Waals surface area contributed by atoms with Gasteiger partial charge in [0.15, 0.2) is 11.6 Å². The molecule has 162 valence electrons. The second-order valence-corrected chi connectivity index (χ2v) is 9.45. The average Bonchev–Trinajstić information content (AvgIpc) is 2.66. The van der Waals surface area contributed by atoms with Crippen LogP contribution in [0.2, 0.25) is 0 Å². The molecule has 0 saturated heterocycles. The summed E-state index contributed by atoms with van der Waals surface area (Å²) in [5, 5.41) is 18.0. The van der Waals surface area contributed by atoms with E-state index in [4.69, 9.17) is 4.74 Å². The van der Waals surface area contributed by atoms with Gasteiger partial charge in [-0.2, -0.15) is 13.5 Å². The minimum atomic E-state index is -4.11. The molecule has 1 aliphatic heterocycles. The van der Waals surface area contributed by atoms with Crippen LogP contribution in [0.25, 0.3) is 0 Å². The highest BCUT2D eigenvalue weighted by atomic mass is 32.2. The molecule has 0 fully saturated rings. The van der Waals surface area contributed by atoms with Gasteiger partial charge in [-0.05, 0) is 24.5 Å². The summed E-state index contributed by atoms with van der Waals surface area (Å²) < 4.78 is 35.7. The Morgan fingerprint density at radius 1 is 1.23 bits per heavy atom. The first kappa shape index (κ1) is 21.8. The normalized spacial score (nSPS) is 15.0. The zero-order valence-electron chi connectivity index (χ0n) is 17.6. The highest BCUT2D eigenvalue weighted by molar-refractivity contribution is 7.90. The Labute approximate surface area is 175 Å². The van der Waals surface area contributed by atoms with Crippen LogP contribution in [0, 0.1) is 5.92 Å². The van der Waals surface area contributed by atoms with E-state index in [1.165, 1.54) is 23.9 Å². The standard InChI is InChI=1S/C20H26N4O5S/c1-11(2)8-9-24-20(26)16(18(25)17(22-24)12(3)4)19-21-14-7-6-13(29-5)10-15(14)30(27,28)23-19/h6-7,10-12,25H,8-9H2,1-5H3,(H,21,23). The van der Waals surface area contributed by atoms with Gasteiger partial charge < -0.3 is 15.2 Å². The lowest BCUT2D eigenvalue weighted by Gasteiger charge is -2.21. The number of hydrogen-bond acceptors (Lipinski definition) is 7. The van der Waals surface area contributed by atoms with E-state index < -0.39 is 15.6 Å². The molecule has 30 heavy (non-hydrogen) atoms. The van der Waals surface area contributed by atoms with Crippen LogP contribution < -0.4 is 15.6 Å². The van der Waals surface area contributed by atoms with E-state index in [2.05, 4.69) is 14.8 Å². The number of aromatic nitrogens is 2. The number of nitrogens with one attached hydrogen (secondary N) is 1. The number of rotatable bonds is 6. The van der Waals surface area contributed by atoms with Crippen molar-refractivity contribution in [2.24, 2.45) is 10.3 Å². The quantitative estimate of drug-likeness (QED) is 0.716. The molecule has 0 amide bonds. The number of aromatic hydroxyl groups is 1. The Balaban J connectivity index is 2.20. The maximum Gasteiger partial charge on any atom is 0.286 e. The fraction of sp³-hybridized carbons (Fsp3) is 0.450. The SMILES string of the molecule is COc1ccc2c(c1)S(=O)(=O)N=C(c1c(O)c(C(C)C)nn(CCC(C)C)c1=O)N2. The summed E-state index contributed by atoms with van der Waals surface area (Å²) in [7, 11) is -2.68. The lowest BCUT2D eigenvalue weighted by Crippen LogP contribution is -2.35. The van der Waals surface area contributed by atoms with Crippen LogP contribution in [-0.2, 0) is 16.6 Å². The summed E-state index contributed by atoms with van der Waals surface area (Å²) in [5.41, 5.74) is -0.259. The number of nitrogens with zero attached hydrogens (tertiary/aromatic N) is 3. The highest BCUT2D eigenvalue weighted by Gasteiger charge is 2.31. The first-order valence-electron chi connectivity index (χ1n) is 9.69. The van der Waals surface area contributed by atoms with Crippen LogP contribution in [0.1, 0.15) is 51.3 Å². The van der Waals surface area contributed by atoms with E-state index in [0.717, 1.165) is 0 Å². The summed E-state index contributed by atoms with van der Waals surface area (Å²) in [6.45, 7) is 8.06. The van der Waals surface area contributed by atoms with Crippen molar-refractivity contribution < 1.29 is 18.3 Å². The fourth-order valence-corrected chi connectivity index (χ4v) is 4.23. The summed E-state index contributed by atoms with van der Waals surface area (Å²) in [5.74, 6) is -0.0764. The Hall–Kier alpha value is -2.88. The van der Waals surface area contributed by atoms with Crippen LogP contribution >= 0.6 is 0 Å². The number of fused-ring (bicyclic) bond motifs is 1. The molecule has 0 unspecified atom stereocenters. The topological polar surface area (TPSA) is 123 Å². The van der Waals surface area contributed by atoms with Gasteiger partial charge >= 0.3 is 0 Å². The molecule has 1 aromatic heterocycles. The van der Waals surface area contributed by atoms with E-state index in [-0.39, 0.29) is 33.6 Å². The van der Waals surface area contributed by atoms with E-state index in [1.807, 2.05) is 27.7 Å². The highest BCUT2D eigenvalue weighted by Crippen LogP contribution is 2.33. The number of hydrogen-bond donors (Lipinski definition) is 2. The molecule has 0 aliphatic carbocycles. The number of amidine groups is 1. The predicted molar refractivity (Wildman–Crippen MR) is 114 cm³/mol. The minimum Gasteiger partial charge on any atom is -0.505 e. The van der Waals surface area contributed by atoms with Gasteiger partial charge in [0.1, 0.15) is 21.9 Å². The first-order chi connectivity index (χ1) is 14.0. The molecule has 2 heterocycles. The minimum absolute atomic E-state index is 0.0663. The van der Waals surface area contributed by atoms with E-state index in [9.17, 15) is 18.3 Å². The molecular formula is C20H26N4O5S. The second-order valence-electron chi connectivity index (χ2n) is 7.88. The maximum absolute atomic E-state index is 13.1. The van der Waals surface area contributed by atoms with Gasteiger partial charge in [-0.15, -0.1) is 4.40 Å². The van der Waals surface area contributed by atoms with Crippen molar-refractivity contribution in [3.8, 4) is 11.5 Å². The molecule has 0 spiro atoms. The molecular weight excluding hydrogens is 408 g/mol. The van der Waals surface area contributed by atoms with Gasteiger partial charge in [0.05, 0.1) is 12.8 Å². The van der Waals surface area contributed by atoms with Gasteiger partial charge in [-0.25, -0.2) is 4.68 Å². The summed E-state index contributed by atoms with van der Waals surface area (Å²) >= 11 is 0. The molecule has 2 N–H and O–H groups in total. The lowest BCUT2D eigenvalue weighted by atomic mass is 10.1. The first-order valence-corrected chi connectivity index (χ1v) is 11.1. The average molecular weight is 435 g/mol. The third kappa shape index (κ3) is 4.04. The van der Waals surface area contributed by atoms with Crippen LogP contribution in [0.15, 0.2) is 32.3 Å². The molecule has 0 bridgehead atoms. The van der Waals surface area contributed by atoms with Gasteiger partial charge in [-0.1, -0.05) is 27.7 Å². The maximum atomic E-state index is 13.1. The molecule has 1 aromatic carbocycles. The molecule has 3 rings (SSSR count). The number of sulfonamides is 1. The van der Waals surface area contributed by atoms with Crippen molar-refractivity contribution in [1.29, 1.82) is 0 Å². The number of anilines is 1. The molecule has 0 radical (unpaired) electrons. The van der Waals surface area contributed by atoms with Crippen molar-refractivity contribution >= 4 is 21.5 Å². The van der Waals surface area contributed by atoms with E-state index in [1.54, 1.807) is 6.07 Å². The molecule has 0 saturated carbocycles. The van der Waals surface area contributed by atoms with Crippen molar-refractivity contribution in [1.82, 2.24) is 9.78 Å². The van der Waals surface area contributed by atoms with Gasteiger partial charge in [-0.3, -0.25) is 4.79 Å². The summed E-state index contributed by atoms with van der Waals surface area (Å²) in [4.78, 5) is 13.0. The zero-order valence-corrected chi connectivity index (χ0v) is 18.4. The van der Waals surface area contributed by atoms with Crippen molar-refractivity contribution in [3.63, 3.8) is 0 Å². The Kier molecular flexibility index (Phi) is 5.89. The monoisotopic (exact) mass is 434 g/mol. The van der Waals surface area contributed by atoms with Crippen LogP contribution in [0.3, 0.4) is 0 Å². The van der Waals surface area contributed by atoms with Crippen molar-refractivity contribution in [2.75, 3.05) is 12.4 Å². The molecule has 9 nitrogen and oxygen atoms in total. The Morgan fingerprint density at radius 3 is 2.53 bits per heavy atom. The molecule has 1 aliphatic rings. The number of aryl methyl sites for hydroxylation is 1. The molecule has 0 atom stereocenters. The third-order valence-electron chi connectivity index (χ3n) is 4.79. The van der Waals surface area contributed by atoms with Gasteiger partial charge in [0.25, 0.3) is 15.6 Å². The largest absolute Gasteiger partial charge is 0.505 e. The van der Waals surface area contributed by atoms with Crippen LogP contribution in [0.4, 0.5) is 5.69 Å². The Bertz CT molecular complexity index is 1170. The number of methoxy groups -OCH3 is 1. The van der Waals surface area contributed by atoms with E-state index in [0.29, 0.717) is 30.3 Å². The fourth-order valence-electron chi connectivity index (χ4n) is 3.09. The Morgan fingerprint density at radius 2 is 1.93 bits per heavy atom. The van der Waals surface area contributed by atoms with Gasteiger partial charge in [0.2, 0.25) is 0 Å². The van der Waals surface area contributed by atoms with Crippen molar-refractivity contribution in [3.05, 3.63) is 39.8 Å². The van der Waals surface area contributed by atoms with Crippen molar-refractivity contribution in [2.45, 2.75) is 51.5 Å². The number of benzene rings is 1. The van der Waals surface area contributed by atoms with E-state index >= 15 is 0 Å². The predicted octanol–water partition coefficient (Wildman–Crippen LogP) is 2.69. The summed E-state index contributed by atoms with van der Waals surface area (Å²) in [6, 6.07) is 4.47. The third-order valence-corrected chi connectivity index (χ3v) is 6.11. The second kappa shape index (κ2) is 8.10. The van der Waals surface area contributed by atoms with Crippen LogP contribution in [-0.4, -0.2) is 36.3 Å². The van der Waals surface area contributed by atoms with Crippen LogP contribution in [0.5, 0.6) is 11.5 Å². The lowest BCUT2D eigenvalue weighted by molar-refractivity contribution is 0.413. The zero-order chi connectivity index (χ0) is 22.2. The van der Waals surface area contributed by atoms with Gasteiger partial charge in [0, 0.05) is 18.5 Å². The number of ether oxygens (including phenoxy) is 1. The smallest absolute Gasteiger partial charge is 0.286 e.